The van der Waals surface area contributed by atoms with Crippen molar-refractivity contribution in [1.82, 2.24) is 15.5 Å². The quantitative estimate of drug-likeness (QED) is 0.933. The minimum Gasteiger partial charge on any atom is -0.312 e. The van der Waals surface area contributed by atoms with Crippen LogP contribution in [0.4, 0.5) is 4.39 Å². The predicted octanol–water partition coefficient (Wildman–Crippen LogP) is 3.27. The van der Waals surface area contributed by atoms with Gasteiger partial charge in [0.1, 0.15) is 10.8 Å². The van der Waals surface area contributed by atoms with Crippen molar-refractivity contribution in [3.05, 3.63) is 35.1 Å². The van der Waals surface area contributed by atoms with Crippen molar-refractivity contribution in [2.45, 2.75) is 32.7 Å². The molecule has 0 saturated carbocycles. The Labute approximate surface area is 116 Å². The zero-order chi connectivity index (χ0) is 13.9. The third kappa shape index (κ3) is 4.08. The Balaban J connectivity index is 2.02. The molecule has 2 aromatic rings. The van der Waals surface area contributed by atoms with Gasteiger partial charge in [0, 0.05) is 24.1 Å². The van der Waals surface area contributed by atoms with E-state index in [0.29, 0.717) is 10.6 Å². The van der Waals surface area contributed by atoms with Crippen molar-refractivity contribution in [1.29, 1.82) is 0 Å². The molecule has 0 unspecified atom stereocenters. The summed E-state index contributed by atoms with van der Waals surface area (Å²) >= 11 is 1.45. The first kappa shape index (κ1) is 14.1. The van der Waals surface area contributed by atoms with Crippen molar-refractivity contribution >= 4 is 11.3 Å². The molecule has 2 rings (SSSR count). The fraction of sp³-hybridized carbons (Fsp3) is 0.429. The number of nitrogens with zero attached hydrogens (tertiary/aromatic N) is 2. The number of hydrogen-bond acceptors (Lipinski definition) is 4. The van der Waals surface area contributed by atoms with E-state index in [9.17, 15) is 4.39 Å². The molecule has 0 aliphatic heterocycles. The predicted molar refractivity (Wildman–Crippen MR) is 76.8 cm³/mol. The molecule has 3 nitrogen and oxygen atoms in total. The van der Waals surface area contributed by atoms with Crippen LogP contribution in [0.5, 0.6) is 0 Å². The Morgan fingerprint density at radius 2 is 1.95 bits per heavy atom. The average Bonchev–Trinajstić information content (AvgIpc) is 2.76. The zero-order valence-electron chi connectivity index (χ0n) is 11.4. The lowest BCUT2D eigenvalue weighted by molar-refractivity contribution is 0.429. The first-order valence-corrected chi connectivity index (χ1v) is 7.10. The SMILES string of the molecule is CC(C)(C)NCCc1nnc(-c2ccccc2F)s1. The van der Waals surface area contributed by atoms with E-state index >= 15 is 0 Å². The molecule has 0 bridgehead atoms. The topological polar surface area (TPSA) is 37.8 Å². The molecule has 1 aromatic heterocycles. The second kappa shape index (κ2) is 5.75. The summed E-state index contributed by atoms with van der Waals surface area (Å²) in [5.41, 5.74) is 0.619. The van der Waals surface area contributed by atoms with Gasteiger partial charge in [-0.25, -0.2) is 4.39 Å². The van der Waals surface area contributed by atoms with E-state index in [4.69, 9.17) is 0 Å². The molecule has 1 aromatic carbocycles. The zero-order valence-corrected chi connectivity index (χ0v) is 12.2. The molecule has 0 spiro atoms. The second-order valence-corrected chi connectivity index (χ2v) is 6.47. The fourth-order valence-electron chi connectivity index (χ4n) is 1.64. The maximum Gasteiger partial charge on any atom is 0.150 e. The van der Waals surface area contributed by atoms with E-state index in [2.05, 4.69) is 36.3 Å². The maximum absolute atomic E-state index is 13.6. The van der Waals surface area contributed by atoms with Crippen molar-refractivity contribution in [2.75, 3.05) is 6.54 Å². The van der Waals surface area contributed by atoms with Crippen molar-refractivity contribution in [2.24, 2.45) is 0 Å². The van der Waals surface area contributed by atoms with Crippen LogP contribution < -0.4 is 5.32 Å². The highest BCUT2D eigenvalue weighted by Crippen LogP contribution is 2.25. The Morgan fingerprint density at radius 1 is 1.21 bits per heavy atom. The Hall–Kier alpha value is -1.33. The lowest BCUT2D eigenvalue weighted by atomic mass is 10.1. The molecule has 0 aliphatic rings. The summed E-state index contributed by atoms with van der Waals surface area (Å²) in [4.78, 5) is 0. The van der Waals surface area contributed by atoms with Crippen LogP contribution in [0.15, 0.2) is 24.3 Å². The lowest BCUT2D eigenvalue weighted by Crippen LogP contribution is -2.37. The monoisotopic (exact) mass is 279 g/mol. The second-order valence-electron chi connectivity index (χ2n) is 5.41. The lowest BCUT2D eigenvalue weighted by Gasteiger charge is -2.19. The standard InChI is InChI=1S/C14H18FN3S/c1-14(2,3)16-9-8-12-17-18-13(19-12)10-6-4-5-7-11(10)15/h4-7,16H,8-9H2,1-3H3. The van der Waals surface area contributed by atoms with Crippen LogP contribution in [0.1, 0.15) is 25.8 Å². The van der Waals surface area contributed by atoms with Gasteiger partial charge in [0.05, 0.1) is 0 Å². The van der Waals surface area contributed by atoms with E-state index in [-0.39, 0.29) is 11.4 Å². The number of benzene rings is 1. The molecule has 1 heterocycles. The molecule has 0 radical (unpaired) electrons. The number of aromatic nitrogens is 2. The van der Waals surface area contributed by atoms with E-state index in [1.165, 1.54) is 17.4 Å². The summed E-state index contributed by atoms with van der Waals surface area (Å²) in [6.45, 7) is 7.21. The number of hydrogen-bond donors (Lipinski definition) is 1. The first-order valence-electron chi connectivity index (χ1n) is 6.28. The highest BCUT2D eigenvalue weighted by Gasteiger charge is 2.12. The van der Waals surface area contributed by atoms with Crippen LogP contribution in [-0.4, -0.2) is 22.3 Å². The van der Waals surface area contributed by atoms with Crippen molar-refractivity contribution in [3.63, 3.8) is 0 Å². The minimum atomic E-state index is -0.252. The summed E-state index contributed by atoms with van der Waals surface area (Å²) < 4.78 is 13.6. The van der Waals surface area contributed by atoms with Crippen LogP contribution in [0, 0.1) is 5.82 Å². The Kier molecular flexibility index (Phi) is 4.27. The highest BCUT2D eigenvalue weighted by atomic mass is 32.1. The van der Waals surface area contributed by atoms with Gasteiger partial charge in [-0.15, -0.1) is 10.2 Å². The van der Waals surface area contributed by atoms with Crippen molar-refractivity contribution < 1.29 is 4.39 Å². The van der Waals surface area contributed by atoms with E-state index in [0.717, 1.165) is 18.0 Å². The van der Waals surface area contributed by atoms with Gasteiger partial charge >= 0.3 is 0 Å². The molecule has 0 amide bonds. The van der Waals surface area contributed by atoms with Gasteiger partial charge in [0.25, 0.3) is 0 Å². The maximum atomic E-state index is 13.6. The molecule has 0 saturated heterocycles. The van der Waals surface area contributed by atoms with Gasteiger partial charge in [0.15, 0.2) is 5.01 Å². The molecule has 19 heavy (non-hydrogen) atoms. The number of nitrogens with one attached hydrogen (secondary N) is 1. The first-order chi connectivity index (χ1) is 8.96. The van der Waals surface area contributed by atoms with Crippen LogP contribution in [0.2, 0.25) is 0 Å². The van der Waals surface area contributed by atoms with E-state index in [1.807, 2.05) is 0 Å². The summed E-state index contributed by atoms with van der Waals surface area (Å²) in [7, 11) is 0. The highest BCUT2D eigenvalue weighted by molar-refractivity contribution is 7.14. The van der Waals surface area contributed by atoms with Crippen LogP contribution in [0.25, 0.3) is 10.6 Å². The molecule has 5 heteroatoms. The number of halogens is 1. The molecule has 1 N–H and O–H groups in total. The third-order valence-corrected chi connectivity index (χ3v) is 3.58. The van der Waals surface area contributed by atoms with Crippen molar-refractivity contribution in [3.8, 4) is 10.6 Å². The summed E-state index contributed by atoms with van der Waals surface area (Å²) in [5, 5.41) is 13.1. The largest absolute Gasteiger partial charge is 0.312 e. The smallest absolute Gasteiger partial charge is 0.150 e. The molecular formula is C14H18FN3S. The third-order valence-electron chi connectivity index (χ3n) is 2.57. The molecule has 102 valence electrons. The number of rotatable bonds is 4. The summed E-state index contributed by atoms with van der Waals surface area (Å²) in [6.07, 6.45) is 0.809. The molecule has 0 atom stereocenters. The molecule has 0 fully saturated rings. The van der Waals surface area contributed by atoms with Gasteiger partial charge in [-0.3, -0.25) is 0 Å². The van der Waals surface area contributed by atoms with Gasteiger partial charge in [-0.2, -0.15) is 0 Å². The Morgan fingerprint density at radius 3 is 2.63 bits per heavy atom. The molecule has 0 aliphatic carbocycles. The summed E-state index contributed by atoms with van der Waals surface area (Å²) in [6, 6.07) is 6.65. The van der Waals surface area contributed by atoms with E-state index < -0.39 is 0 Å². The average molecular weight is 279 g/mol. The van der Waals surface area contributed by atoms with Crippen LogP contribution in [0.3, 0.4) is 0 Å². The van der Waals surface area contributed by atoms with Crippen LogP contribution >= 0.6 is 11.3 Å². The minimum absolute atomic E-state index is 0.0963. The van der Waals surface area contributed by atoms with Crippen LogP contribution in [-0.2, 0) is 6.42 Å². The fourth-order valence-corrected chi connectivity index (χ4v) is 2.51. The van der Waals surface area contributed by atoms with Gasteiger partial charge in [-0.1, -0.05) is 23.5 Å². The Bertz CT molecular complexity index is 546. The molecular weight excluding hydrogens is 261 g/mol. The van der Waals surface area contributed by atoms with Gasteiger partial charge in [-0.05, 0) is 32.9 Å². The summed E-state index contributed by atoms with van der Waals surface area (Å²) in [5.74, 6) is -0.252. The normalized spacial score (nSPS) is 11.8. The van der Waals surface area contributed by atoms with E-state index in [1.54, 1.807) is 18.2 Å². The van der Waals surface area contributed by atoms with Gasteiger partial charge in [0.2, 0.25) is 0 Å². The van der Waals surface area contributed by atoms with Gasteiger partial charge < -0.3 is 5.32 Å².